The number of carbonyl (C=O) groups is 1. The van der Waals surface area contributed by atoms with Gasteiger partial charge in [-0.25, -0.2) is 9.98 Å². The average molecular weight is 489 g/mol. The van der Waals surface area contributed by atoms with Crippen molar-refractivity contribution in [2.75, 3.05) is 32.7 Å². The summed E-state index contributed by atoms with van der Waals surface area (Å²) < 4.78 is 5.21. The van der Waals surface area contributed by atoms with Crippen molar-refractivity contribution in [1.82, 2.24) is 20.1 Å². The molecule has 2 aromatic rings. The third-order valence-corrected chi connectivity index (χ3v) is 5.07. The summed E-state index contributed by atoms with van der Waals surface area (Å²) >= 11 is 1.63. The van der Waals surface area contributed by atoms with Gasteiger partial charge in [0.15, 0.2) is 11.7 Å². The lowest BCUT2D eigenvalue weighted by Crippen LogP contribution is -2.53. The van der Waals surface area contributed by atoms with Gasteiger partial charge in [-0.05, 0) is 26.0 Å². The molecular formula is C17H24IN5O2S. The molecule has 0 unspecified atom stereocenters. The van der Waals surface area contributed by atoms with Crippen LogP contribution in [0, 0.1) is 6.92 Å². The molecule has 0 aliphatic carbocycles. The van der Waals surface area contributed by atoms with Crippen LogP contribution in [0.5, 0.6) is 0 Å². The molecule has 0 atom stereocenters. The Balaban J connectivity index is 0.00000243. The van der Waals surface area contributed by atoms with Crippen LogP contribution in [0.4, 0.5) is 0 Å². The van der Waals surface area contributed by atoms with Crippen molar-refractivity contribution in [2.45, 2.75) is 20.4 Å². The summed E-state index contributed by atoms with van der Waals surface area (Å²) in [5.74, 6) is 1.24. The first kappa shape index (κ1) is 20.7. The molecule has 1 aliphatic rings. The Morgan fingerprint density at radius 1 is 1.35 bits per heavy atom. The lowest BCUT2D eigenvalue weighted by atomic mass is 10.3. The summed E-state index contributed by atoms with van der Waals surface area (Å²) in [6.45, 7) is 8.32. The maximum atomic E-state index is 12.3. The van der Waals surface area contributed by atoms with E-state index in [2.05, 4.69) is 22.1 Å². The number of hydrogen-bond acceptors (Lipinski definition) is 5. The predicted octanol–water partition coefficient (Wildman–Crippen LogP) is 2.59. The second-order valence-electron chi connectivity index (χ2n) is 5.79. The number of hydrogen-bond donors (Lipinski definition) is 1. The number of halogens is 1. The number of thiazole rings is 1. The first-order valence-electron chi connectivity index (χ1n) is 8.44. The van der Waals surface area contributed by atoms with Gasteiger partial charge in [0.25, 0.3) is 5.91 Å². The van der Waals surface area contributed by atoms with E-state index in [1.807, 2.05) is 17.3 Å². The second kappa shape index (κ2) is 9.91. The second-order valence-corrected chi connectivity index (χ2v) is 6.73. The molecule has 0 bridgehead atoms. The molecule has 1 saturated heterocycles. The Bertz CT molecular complexity index is 723. The molecule has 7 nitrogen and oxygen atoms in total. The zero-order valence-electron chi connectivity index (χ0n) is 15.0. The van der Waals surface area contributed by atoms with Crippen LogP contribution in [-0.2, 0) is 6.54 Å². The van der Waals surface area contributed by atoms with Gasteiger partial charge in [-0.15, -0.1) is 35.3 Å². The van der Waals surface area contributed by atoms with Gasteiger partial charge in [0.1, 0.15) is 0 Å². The minimum atomic E-state index is -0.0492. The van der Waals surface area contributed by atoms with Crippen LogP contribution in [0.25, 0.3) is 0 Å². The summed E-state index contributed by atoms with van der Waals surface area (Å²) in [6.07, 6.45) is 1.53. The minimum Gasteiger partial charge on any atom is -0.459 e. The third kappa shape index (κ3) is 4.97. The van der Waals surface area contributed by atoms with Crippen LogP contribution >= 0.6 is 35.3 Å². The summed E-state index contributed by atoms with van der Waals surface area (Å²) in [5.41, 5.74) is 2.89. The number of guanidine groups is 1. The standard InChI is InChI=1S/C17H23N5O2S.HI/c1-3-18-17(19-11-15-13(2)20-12-25-15)22-8-6-21(7-9-22)16(23)14-5-4-10-24-14;/h4-5,10,12H,3,6-9,11H2,1-2H3,(H,18,19);1H. The van der Waals surface area contributed by atoms with Gasteiger partial charge in [0, 0.05) is 37.6 Å². The van der Waals surface area contributed by atoms with E-state index in [9.17, 15) is 4.79 Å². The van der Waals surface area contributed by atoms with Crippen molar-refractivity contribution >= 4 is 47.2 Å². The molecule has 142 valence electrons. The van der Waals surface area contributed by atoms with E-state index in [-0.39, 0.29) is 29.9 Å². The highest BCUT2D eigenvalue weighted by molar-refractivity contribution is 14.0. The van der Waals surface area contributed by atoms with Gasteiger partial charge in [0.2, 0.25) is 0 Å². The number of nitrogens with one attached hydrogen (secondary N) is 1. The van der Waals surface area contributed by atoms with Crippen LogP contribution in [0.15, 0.2) is 33.3 Å². The molecule has 1 N–H and O–H groups in total. The molecule has 26 heavy (non-hydrogen) atoms. The van der Waals surface area contributed by atoms with Gasteiger partial charge in [-0.2, -0.15) is 0 Å². The molecule has 1 amide bonds. The first-order valence-corrected chi connectivity index (χ1v) is 9.32. The Kier molecular flexibility index (Phi) is 7.88. The van der Waals surface area contributed by atoms with Gasteiger partial charge in [-0.3, -0.25) is 4.79 Å². The number of rotatable bonds is 4. The van der Waals surface area contributed by atoms with Crippen molar-refractivity contribution in [3.05, 3.63) is 40.2 Å². The number of amides is 1. The fourth-order valence-corrected chi connectivity index (χ4v) is 3.43. The Hall–Kier alpha value is -1.62. The number of aryl methyl sites for hydroxylation is 1. The van der Waals surface area contributed by atoms with Crippen LogP contribution in [0.3, 0.4) is 0 Å². The predicted molar refractivity (Wildman–Crippen MR) is 113 cm³/mol. The third-order valence-electron chi connectivity index (χ3n) is 4.15. The molecular weight excluding hydrogens is 465 g/mol. The smallest absolute Gasteiger partial charge is 0.289 e. The topological polar surface area (TPSA) is 74.0 Å². The fourth-order valence-electron chi connectivity index (χ4n) is 2.73. The Morgan fingerprint density at radius 2 is 2.08 bits per heavy atom. The Labute approximate surface area is 174 Å². The molecule has 0 radical (unpaired) electrons. The maximum Gasteiger partial charge on any atom is 0.289 e. The zero-order valence-corrected chi connectivity index (χ0v) is 18.1. The van der Waals surface area contributed by atoms with Crippen LogP contribution in [0.1, 0.15) is 28.0 Å². The van der Waals surface area contributed by atoms with Crippen LogP contribution in [-0.4, -0.2) is 59.4 Å². The Morgan fingerprint density at radius 3 is 2.65 bits per heavy atom. The monoisotopic (exact) mass is 489 g/mol. The van der Waals surface area contributed by atoms with Gasteiger partial charge >= 0.3 is 0 Å². The van der Waals surface area contributed by atoms with Gasteiger partial charge in [-0.1, -0.05) is 0 Å². The molecule has 2 aromatic heterocycles. The number of furan rings is 1. The van der Waals surface area contributed by atoms with Crippen LogP contribution < -0.4 is 5.32 Å². The number of aliphatic imine (C=N–C) groups is 1. The van der Waals surface area contributed by atoms with E-state index in [0.29, 0.717) is 25.4 Å². The first-order chi connectivity index (χ1) is 12.2. The van der Waals surface area contributed by atoms with Crippen LogP contribution in [0.2, 0.25) is 0 Å². The lowest BCUT2D eigenvalue weighted by Gasteiger charge is -2.36. The highest BCUT2D eigenvalue weighted by Gasteiger charge is 2.25. The summed E-state index contributed by atoms with van der Waals surface area (Å²) in [7, 11) is 0. The van der Waals surface area contributed by atoms with Crippen molar-refractivity contribution in [1.29, 1.82) is 0 Å². The highest BCUT2D eigenvalue weighted by Crippen LogP contribution is 2.14. The molecule has 9 heteroatoms. The van der Waals surface area contributed by atoms with Crippen molar-refractivity contribution < 1.29 is 9.21 Å². The molecule has 0 saturated carbocycles. The SMILES string of the molecule is CCNC(=NCc1scnc1C)N1CCN(C(=O)c2ccco2)CC1.I. The van der Waals surface area contributed by atoms with Crippen molar-refractivity contribution in [3.63, 3.8) is 0 Å². The van der Waals surface area contributed by atoms with E-state index in [1.54, 1.807) is 23.5 Å². The van der Waals surface area contributed by atoms with E-state index >= 15 is 0 Å². The molecule has 1 aliphatic heterocycles. The fraction of sp³-hybridized carbons (Fsp3) is 0.471. The van der Waals surface area contributed by atoms with Crippen molar-refractivity contribution in [3.8, 4) is 0 Å². The van der Waals surface area contributed by atoms with E-state index in [1.165, 1.54) is 11.1 Å². The van der Waals surface area contributed by atoms with E-state index in [4.69, 9.17) is 9.41 Å². The van der Waals surface area contributed by atoms with Gasteiger partial charge in [0.05, 0.1) is 24.0 Å². The average Bonchev–Trinajstić information content (AvgIpc) is 3.30. The molecule has 3 rings (SSSR count). The largest absolute Gasteiger partial charge is 0.459 e. The lowest BCUT2D eigenvalue weighted by molar-refractivity contribution is 0.0657. The number of piperazine rings is 1. The number of nitrogens with zero attached hydrogens (tertiary/aromatic N) is 4. The zero-order chi connectivity index (χ0) is 17.6. The normalized spacial score (nSPS) is 14.9. The maximum absolute atomic E-state index is 12.3. The quantitative estimate of drug-likeness (QED) is 0.406. The summed E-state index contributed by atoms with van der Waals surface area (Å²) in [5, 5.41) is 3.34. The minimum absolute atomic E-state index is 0. The van der Waals surface area contributed by atoms with E-state index in [0.717, 1.165) is 31.3 Å². The molecule has 1 fully saturated rings. The van der Waals surface area contributed by atoms with E-state index < -0.39 is 0 Å². The van der Waals surface area contributed by atoms with Gasteiger partial charge < -0.3 is 19.5 Å². The number of carbonyl (C=O) groups excluding carboxylic acids is 1. The molecule has 0 aromatic carbocycles. The molecule has 0 spiro atoms. The molecule has 3 heterocycles. The summed E-state index contributed by atoms with van der Waals surface area (Å²) in [6, 6.07) is 3.44. The number of aromatic nitrogens is 1. The highest BCUT2D eigenvalue weighted by atomic mass is 127. The summed E-state index contributed by atoms with van der Waals surface area (Å²) in [4.78, 5) is 26.6. The van der Waals surface area contributed by atoms with Crippen molar-refractivity contribution in [2.24, 2.45) is 4.99 Å².